The molecule has 0 saturated carbocycles. The quantitative estimate of drug-likeness (QED) is 0.811. The zero-order chi connectivity index (χ0) is 15.5. The van der Waals surface area contributed by atoms with Crippen molar-refractivity contribution in [2.45, 2.75) is 58.8 Å². The molecule has 2 atom stereocenters. The van der Waals surface area contributed by atoms with E-state index in [1.165, 1.54) is 5.56 Å². The summed E-state index contributed by atoms with van der Waals surface area (Å²) in [6.07, 6.45) is 1.90. The Morgan fingerprint density at radius 1 is 1.43 bits per heavy atom. The second-order valence-electron chi connectivity index (χ2n) is 6.09. The highest BCUT2D eigenvalue weighted by atomic mass is 16.5. The van der Waals surface area contributed by atoms with E-state index in [9.17, 15) is 5.11 Å². The Morgan fingerprint density at radius 2 is 2.19 bits per heavy atom. The molecule has 118 valence electrons. The van der Waals surface area contributed by atoms with Gasteiger partial charge in [0.1, 0.15) is 17.6 Å². The molecule has 1 heterocycles. The maximum absolute atomic E-state index is 10.0. The summed E-state index contributed by atoms with van der Waals surface area (Å²) in [6, 6.07) is 4.16. The Balaban J connectivity index is 2.09. The third-order valence-corrected chi connectivity index (χ3v) is 3.96. The maximum atomic E-state index is 10.0. The van der Waals surface area contributed by atoms with Crippen LogP contribution in [0.15, 0.2) is 12.1 Å². The summed E-state index contributed by atoms with van der Waals surface area (Å²) in [6.45, 7) is 9.77. The molecule has 0 saturated heterocycles. The molecule has 2 unspecified atom stereocenters. The maximum Gasteiger partial charge on any atom is 0.124 e. The second kappa shape index (κ2) is 6.67. The largest absolute Gasteiger partial charge is 0.494 e. The van der Waals surface area contributed by atoms with Crippen LogP contribution < -0.4 is 14.8 Å². The first-order valence-corrected chi connectivity index (χ1v) is 7.83. The number of nitrogens with one attached hydrogen (secondary N) is 1. The molecule has 21 heavy (non-hydrogen) atoms. The van der Waals surface area contributed by atoms with Gasteiger partial charge in [0, 0.05) is 30.6 Å². The van der Waals surface area contributed by atoms with E-state index in [1.807, 2.05) is 20.8 Å². The van der Waals surface area contributed by atoms with Crippen LogP contribution >= 0.6 is 0 Å². The number of fused-ring (bicyclic) bond motifs is 1. The fourth-order valence-corrected chi connectivity index (χ4v) is 2.50. The van der Waals surface area contributed by atoms with Gasteiger partial charge < -0.3 is 19.9 Å². The Kier molecular flexibility index (Phi) is 5.12. The van der Waals surface area contributed by atoms with Crippen molar-refractivity contribution in [3.63, 3.8) is 0 Å². The average Bonchev–Trinajstić information content (AvgIpc) is 2.78. The summed E-state index contributed by atoms with van der Waals surface area (Å²) < 4.78 is 11.6. The Bertz CT molecular complexity index is 485. The SMILES string of the molecule is CCOc1cc2c(cc1CNCC(C)(O)CC)OC(C)C2. The van der Waals surface area contributed by atoms with Crippen molar-refractivity contribution in [3.05, 3.63) is 23.3 Å². The van der Waals surface area contributed by atoms with Gasteiger partial charge in [-0.1, -0.05) is 6.92 Å². The van der Waals surface area contributed by atoms with Crippen molar-refractivity contribution in [1.29, 1.82) is 0 Å². The molecule has 2 N–H and O–H groups in total. The minimum atomic E-state index is -0.673. The molecule has 0 fully saturated rings. The normalized spacial score (nSPS) is 19.8. The Labute approximate surface area is 127 Å². The van der Waals surface area contributed by atoms with Gasteiger partial charge in [0.15, 0.2) is 0 Å². The van der Waals surface area contributed by atoms with Crippen LogP contribution in [0.4, 0.5) is 0 Å². The zero-order valence-corrected chi connectivity index (χ0v) is 13.5. The molecule has 4 heteroatoms. The van der Waals surface area contributed by atoms with Crippen LogP contribution in [0.1, 0.15) is 45.2 Å². The van der Waals surface area contributed by atoms with E-state index >= 15 is 0 Å². The van der Waals surface area contributed by atoms with Crippen molar-refractivity contribution < 1.29 is 14.6 Å². The molecule has 0 aliphatic carbocycles. The molecule has 1 aromatic carbocycles. The molecule has 1 aliphatic rings. The molecular weight excluding hydrogens is 266 g/mol. The lowest BCUT2D eigenvalue weighted by Gasteiger charge is -2.22. The third kappa shape index (κ3) is 4.11. The number of benzene rings is 1. The van der Waals surface area contributed by atoms with E-state index in [4.69, 9.17) is 9.47 Å². The van der Waals surface area contributed by atoms with E-state index in [2.05, 4.69) is 24.4 Å². The monoisotopic (exact) mass is 293 g/mol. The van der Waals surface area contributed by atoms with Gasteiger partial charge in [-0.05, 0) is 39.3 Å². The molecule has 0 radical (unpaired) electrons. The molecule has 0 spiro atoms. The molecule has 1 aromatic rings. The minimum Gasteiger partial charge on any atom is -0.494 e. The van der Waals surface area contributed by atoms with Crippen LogP contribution in [0.2, 0.25) is 0 Å². The predicted octanol–water partition coefficient (Wildman–Crippen LogP) is 2.66. The molecule has 4 nitrogen and oxygen atoms in total. The van der Waals surface area contributed by atoms with Crippen molar-refractivity contribution in [3.8, 4) is 11.5 Å². The van der Waals surface area contributed by atoms with Gasteiger partial charge in [-0.25, -0.2) is 0 Å². The molecular formula is C17H27NO3. The number of hydrogen-bond acceptors (Lipinski definition) is 4. The summed E-state index contributed by atoms with van der Waals surface area (Å²) in [5.74, 6) is 1.88. The van der Waals surface area contributed by atoms with Gasteiger partial charge in [-0.15, -0.1) is 0 Å². The Morgan fingerprint density at radius 3 is 2.86 bits per heavy atom. The van der Waals surface area contributed by atoms with Gasteiger partial charge in [-0.2, -0.15) is 0 Å². The minimum absolute atomic E-state index is 0.235. The van der Waals surface area contributed by atoms with Gasteiger partial charge in [0.25, 0.3) is 0 Å². The lowest BCUT2D eigenvalue weighted by Crippen LogP contribution is -2.36. The highest BCUT2D eigenvalue weighted by Crippen LogP contribution is 2.35. The van der Waals surface area contributed by atoms with E-state index < -0.39 is 5.60 Å². The van der Waals surface area contributed by atoms with Crippen molar-refractivity contribution in [1.82, 2.24) is 5.32 Å². The zero-order valence-electron chi connectivity index (χ0n) is 13.5. The van der Waals surface area contributed by atoms with Crippen molar-refractivity contribution in [2.75, 3.05) is 13.2 Å². The second-order valence-corrected chi connectivity index (χ2v) is 6.09. The van der Waals surface area contributed by atoms with Gasteiger partial charge in [0.2, 0.25) is 0 Å². The predicted molar refractivity (Wildman–Crippen MR) is 84.0 cm³/mol. The smallest absolute Gasteiger partial charge is 0.124 e. The lowest BCUT2D eigenvalue weighted by atomic mass is 10.0. The van der Waals surface area contributed by atoms with E-state index in [-0.39, 0.29) is 6.10 Å². The number of ether oxygens (including phenoxy) is 2. The molecule has 0 aromatic heterocycles. The van der Waals surface area contributed by atoms with E-state index in [1.54, 1.807) is 0 Å². The average molecular weight is 293 g/mol. The molecule has 0 bridgehead atoms. The Hall–Kier alpha value is -1.26. The molecule has 0 amide bonds. The fraction of sp³-hybridized carbons (Fsp3) is 0.647. The first-order chi connectivity index (χ1) is 9.95. The van der Waals surface area contributed by atoms with Crippen LogP contribution in [0, 0.1) is 0 Å². The van der Waals surface area contributed by atoms with Crippen LogP contribution in [-0.2, 0) is 13.0 Å². The summed E-state index contributed by atoms with van der Waals surface area (Å²) in [4.78, 5) is 0. The van der Waals surface area contributed by atoms with E-state index in [0.29, 0.717) is 19.7 Å². The number of rotatable bonds is 7. The summed E-state index contributed by atoms with van der Waals surface area (Å²) in [5.41, 5.74) is 1.62. The third-order valence-electron chi connectivity index (χ3n) is 3.96. The van der Waals surface area contributed by atoms with Crippen LogP contribution in [0.25, 0.3) is 0 Å². The first-order valence-electron chi connectivity index (χ1n) is 7.83. The van der Waals surface area contributed by atoms with Gasteiger partial charge in [-0.3, -0.25) is 0 Å². The van der Waals surface area contributed by atoms with E-state index in [0.717, 1.165) is 29.9 Å². The first kappa shape index (κ1) is 16.1. The van der Waals surface area contributed by atoms with Gasteiger partial charge in [0.05, 0.1) is 12.2 Å². The van der Waals surface area contributed by atoms with Crippen molar-refractivity contribution >= 4 is 0 Å². The summed E-state index contributed by atoms with van der Waals surface area (Å²) in [5, 5.41) is 13.4. The summed E-state index contributed by atoms with van der Waals surface area (Å²) in [7, 11) is 0. The van der Waals surface area contributed by atoms with Crippen molar-refractivity contribution in [2.24, 2.45) is 0 Å². The number of hydrogen-bond donors (Lipinski definition) is 2. The van der Waals surface area contributed by atoms with Crippen LogP contribution in [-0.4, -0.2) is 30.0 Å². The standard InChI is InChI=1S/C17H27NO3/c1-5-17(4,19)11-18-10-14-9-16-13(7-12(3)21-16)8-15(14)20-6-2/h8-9,12,18-19H,5-7,10-11H2,1-4H3. The summed E-state index contributed by atoms with van der Waals surface area (Å²) >= 11 is 0. The van der Waals surface area contributed by atoms with Gasteiger partial charge >= 0.3 is 0 Å². The van der Waals surface area contributed by atoms with Crippen LogP contribution in [0.3, 0.4) is 0 Å². The molecule has 1 aliphatic heterocycles. The number of aliphatic hydroxyl groups is 1. The highest BCUT2D eigenvalue weighted by Gasteiger charge is 2.22. The highest BCUT2D eigenvalue weighted by molar-refractivity contribution is 5.48. The lowest BCUT2D eigenvalue weighted by molar-refractivity contribution is 0.0555. The fourth-order valence-electron chi connectivity index (χ4n) is 2.50. The topological polar surface area (TPSA) is 50.7 Å². The van der Waals surface area contributed by atoms with Crippen LogP contribution in [0.5, 0.6) is 11.5 Å². The molecule has 2 rings (SSSR count).